The first-order valence-electron chi connectivity index (χ1n) is 11.3. The summed E-state index contributed by atoms with van der Waals surface area (Å²) < 4.78 is 29.8. The third-order valence-corrected chi connectivity index (χ3v) is 17.3. The second-order valence-electron chi connectivity index (χ2n) is 13.8. The van der Waals surface area contributed by atoms with Crippen LogP contribution in [0.3, 0.4) is 0 Å². The summed E-state index contributed by atoms with van der Waals surface area (Å²) in [6.07, 6.45) is -0.161. The largest absolute Gasteiger partial charge is 0.414 e. The van der Waals surface area contributed by atoms with E-state index in [1.54, 1.807) is 0 Å². The summed E-state index contributed by atoms with van der Waals surface area (Å²) >= 11 is 0. The molecule has 0 saturated carbocycles. The Hall–Kier alpha value is 0.464. The van der Waals surface area contributed by atoms with Gasteiger partial charge >= 0.3 is 0 Å². The zero-order chi connectivity index (χ0) is 24.6. The van der Waals surface area contributed by atoms with Gasteiger partial charge in [-0.15, -0.1) is 0 Å². The van der Waals surface area contributed by atoms with Crippen LogP contribution < -0.4 is 4.72 Å². The molecule has 0 rings (SSSR count). The molecule has 0 radical (unpaired) electrons. The van der Waals surface area contributed by atoms with Crippen LogP contribution in [0.15, 0.2) is 0 Å². The molecule has 7 heteroatoms. The zero-order valence-corrected chi connectivity index (χ0v) is 25.8. The van der Waals surface area contributed by atoms with Gasteiger partial charge in [0.05, 0.1) is 34.5 Å². The third kappa shape index (κ3) is 8.77. The maximum absolute atomic E-state index is 13.1. The molecule has 30 heavy (non-hydrogen) atoms. The Balaban J connectivity index is 6.10. The SMILES string of the molecule is CC(C)(C)[C@H](N[S@@](=O)C(C)(C)C)[C@@H](CO[Si](C)(C)C(C)(C)C)O[Si](C)(C)C(C)(C)C. The number of hydrogen-bond donors (Lipinski definition) is 1. The van der Waals surface area contributed by atoms with Crippen LogP contribution in [0.25, 0.3) is 0 Å². The van der Waals surface area contributed by atoms with Gasteiger partial charge in [0.25, 0.3) is 0 Å². The van der Waals surface area contributed by atoms with Crippen LogP contribution in [-0.4, -0.2) is 44.3 Å². The molecule has 0 aliphatic rings. The highest BCUT2D eigenvalue weighted by atomic mass is 32.2. The average molecular weight is 480 g/mol. The first-order valence-corrected chi connectivity index (χ1v) is 18.3. The van der Waals surface area contributed by atoms with E-state index in [1.807, 2.05) is 20.8 Å². The van der Waals surface area contributed by atoms with Crippen molar-refractivity contribution >= 4 is 27.6 Å². The predicted octanol–water partition coefficient (Wildman–Crippen LogP) is 6.87. The second-order valence-corrected chi connectivity index (χ2v) is 25.4. The van der Waals surface area contributed by atoms with Crippen molar-refractivity contribution in [1.29, 1.82) is 0 Å². The number of hydrogen-bond acceptors (Lipinski definition) is 3. The van der Waals surface area contributed by atoms with Crippen molar-refractivity contribution in [3.05, 3.63) is 0 Å². The maximum Gasteiger partial charge on any atom is 0.192 e. The van der Waals surface area contributed by atoms with E-state index in [0.29, 0.717) is 6.61 Å². The number of rotatable bonds is 8. The fourth-order valence-electron chi connectivity index (χ4n) is 2.36. The van der Waals surface area contributed by atoms with Gasteiger partial charge in [-0.05, 0) is 62.5 Å². The van der Waals surface area contributed by atoms with Gasteiger partial charge in [-0.25, -0.2) is 8.93 Å². The molecule has 0 aromatic heterocycles. The van der Waals surface area contributed by atoms with E-state index < -0.39 is 27.6 Å². The minimum atomic E-state index is -2.05. The molecule has 0 spiro atoms. The van der Waals surface area contributed by atoms with E-state index in [1.165, 1.54) is 0 Å². The van der Waals surface area contributed by atoms with Crippen LogP contribution in [0.2, 0.25) is 36.3 Å². The average Bonchev–Trinajstić information content (AvgIpc) is 2.44. The molecule has 182 valence electrons. The van der Waals surface area contributed by atoms with Gasteiger partial charge in [-0.1, -0.05) is 62.3 Å². The van der Waals surface area contributed by atoms with Crippen LogP contribution in [0.1, 0.15) is 83.1 Å². The van der Waals surface area contributed by atoms with Crippen LogP contribution in [0.4, 0.5) is 0 Å². The van der Waals surface area contributed by atoms with Crippen LogP contribution >= 0.6 is 0 Å². The van der Waals surface area contributed by atoms with E-state index in [4.69, 9.17) is 8.85 Å². The van der Waals surface area contributed by atoms with Crippen LogP contribution in [0, 0.1) is 5.41 Å². The standard InChI is InChI=1S/C23H53NO3SSi2/c1-20(2,3)19(24-28(25)21(4,5)6)18(27-30(15,16)23(10,11)12)17-26-29(13,14)22(7,8)9/h18-19,24H,17H2,1-16H3/t18-,19-,28+/m1/s1. The summed E-state index contributed by atoms with van der Waals surface area (Å²) in [6.45, 7) is 35.8. The molecule has 0 amide bonds. The summed E-state index contributed by atoms with van der Waals surface area (Å²) in [6, 6.07) is -0.0866. The molecule has 0 aliphatic carbocycles. The fraction of sp³-hybridized carbons (Fsp3) is 1.00. The van der Waals surface area contributed by atoms with E-state index in [2.05, 4.69) is 93.2 Å². The molecule has 0 bridgehead atoms. The Labute approximate surface area is 193 Å². The van der Waals surface area contributed by atoms with Gasteiger partial charge in [0, 0.05) is 0 Å². The minimum absolute atomic E-state index is 0.0866. The molecule has 0 unspecified atom stereocenters. The summed E-state index contributed by atoms with van der Waals surface area (Å²) in [5, 5.41) is 0.223. The van der Waals surface area contributed by atoms with Gasteiger partial charge in [-0.2, -0.15) is 0 Å². The Morgan fingerprint density at radius 3 is 1.47 bits per heavy atom. The van der Waals surface area contributed by atoms with E-state index >= 15 is 0 Å². The Morgan fingerprint density at radius 2 is 1.17 bits per heavy atom. The molecule has 0 aliphatic heterocycles. The third-order valence-electron chi connectivity index (χ3n) is 6.76. The van der Waals surface area contributed by atoms with E-state index in [0.717, 1.165) is 0 Å². The molecular weight excluding hydrogens is 426 g/mol. The lowest BCUT2D eigenvalue weighted by molar-refractivity contribution is 0.0467. The highest BCUT2D eigenvalue weighted by Gasteiger charge is 2.45. The lowest BCUT2D eigenvalue weighted by Gasteiger charge is -2.46. The molecule has 0 saturated heterocycles. The molecule has 4 nitrogen and oxygen atoms in total. The van der Waals surface area contributed by atoms with Crippen molar-refractivity contribution in [2.24, 2.45) is 5.41 Å². The maximum atomic E-state index is 13.1. The van der Waals surface area contributed by atoms with E-state index in [9.17, 15) is 4.21 Å². The molecule has 0 fully saturated rings. The van der Waals surface area contributed by atoms with Gasteiger partial charge in [0.2, 0.25) is 0 Å². The summed E-state index contributed by atoms with van der Waals surface area (Å²) in [5.74, 6) is 0. The van der Waals surface area contributed by atoms with Crippen molar-refractivity contribution in [1.82, 2.24) is 4.72 Å². The van der Waals surface area contributed by atoms with Gasteiger partial charge in [0.1, 0.15) is 0 Å². The van der Waals surface area contributed by atoms with Crippen LogP contribution in [-0.2, 0) is 19.8 Å². The molecule has 1 N–H and O–H groups in total. The lowest BCUT2D eigenvalue weighted by Crippen LogP contribution is -2.59. The Morgan fingerprint density at radius 1 is 0.767 bits per heavy atom. The Bertz CT molecular complexity index is 579. The summed E-state index contributed by atoms with van der Waals surface area (Å²) in [4.78, 5) is 0. The van der Waals surface area contributed by atoms with Crippen LogP contribution in [0.5, 0.6) is 0 Å². The van der Waals surface area contributed by atoms with Crippen molar-refractivity contribution in [3.8, 4) is 0 Å². The van der Waals surface area contributed by atoms with Gasteiger partial charge in [-0.3, -0.25) is 0 Å². The second kappa shape index (κ2) is 9.76. The highest BCUT2D eigenvalue weighted by molar-refractivity contribution is 7.84. The highest BCUT2D eigenvalue weighted by Crippen LogP contribution is 2.40. The normalized spacial score (nSPS) is 18.3. The molecule has 0 aromatic carbocycles. The lowest BCUT2D eigenvalue weighted by atomic mass is 9.84. The molecule has 3 atom stereocenters. The Kier molecular flexibility index (Phi) is 9.91. The number of nitrogens with one attached hydrogen (secondary N) is 1. The van der Waals surface area contributed by atoms with Crippen molar-refractivity contribution < 1.29 is 13.1 Å². The van der Waals surface area contributed by atoms with Gasteiger partial charge < -0.3 is 8.85 Å². The molecule has 0 aromatic rings. The zero-order valence-electron chi connectivity index (χ0n) is 23.0. The molecular formula is C23H53NO3SSi2. The quantitative estimate of drug-likeness (QED) is 0.387. The first kappa shape index (κ1) is 30.5. The monoisotopic (exact) mass is 479 g/mol. The first-order chi connectivity index (χ1) is 12.8. The van der Waals surface area contributed by atoms with Crippen molar-refractivity contribution in [3.63, 3.8) is 0 Å². The minimum Gasteiger partial charge on any atom is -0.414 e. The smallest absolute Gasteiger partial charge is 0.192 e. The summed E-state index contributed by atoms with van der Waals surface area (Å²) in [7, 11) is -5.18. The van der Waals surface area contributed by atoms with Crippen molar-refractivity contribution in [2.45, 2.75) is 136 Å². The fourth-order valence-corrected chi connectivity index (χ4v) is 5.78. The van der Waals surface area contributed by atoms with E-state index in [-0.39, 0.29) is 32.4 Å². The summed E-state index contributed by atoms with van der Waals surface area (Å²) in [5.41, 5.74) is -0.134. The predicted molar refractivity (Wildman–Crippen MR) is 139 cm³/mol. The molecule has 0 heterocycles. The topological polar surface area (TPSA) is 47.6 Å². The van der Waals surface area contributed by atoms with Gasteiger partial charge in [0.15, 0.2) is 16.6 Å². The van der Waals surface area contributed by atoms with Crippen molar-refractivity contribution in [2.75, 3.05) is 6.61 Å².